The van der Waals surface area contributed by atoms with Gasteiger partial charge in [-0.1, -0.05) is 36.0 Å². The van der Waals surface area contributed by atoms with Crippen LogP contribution in [0.2, 0.25) is 0 Å². The first-order chi connectivity index (χ1) is 12.9. The Morgan fingerprint density at radius 2 is 1.89 bits per heavy atom. The molecule has 138 valence electrons. The van der Waals surface area contributed by atoms with Crippen molar-refractivity contribution in [3.05, 3.63) is 69.3 Å². The number of pyridine rings is 1. The van der Waals surface area contributed by atoms with Gasteiger partial charge in [-0.25, -0.2) is 4.98 Å². The van der Waals surface area contributed by atoms with Gasteiger partial charge >= 0.3 is 0 Å². The van der Waals surface area contributed by atoms with E-state index in [9.17, 15) is 14.9 Å². The molecule has 1 N–H and O–H groups in total. The molecule has 0 saturated heterocycles. The summed E-state index contributed by atoms with van der Waals surface area (Å²) in [5.41, 5.74) is 3.71. The lowest BCUT2D eigenvalue weighted by atomic mass is 10.1. The second-order valence-corrected chi connectivity index (χ2v) is 7.29. The van der Waals surface area contributed by atoms with E-state index in [0.29, 0.717) is 5.56 Å². The van der Waals surface area contributed by atoms with Gasteiger partial charge in [-0.3, -0.25) is 14.9 Å². The number of para-hydroxylation sites is 1. The fourth-order valence-electron chi connectivity index (χ4n) is 2.82. The van der Waals surface area contributed by atoms with Crippen LogP contribution in [0.4, 0.5) is 11.4 Å². The number of anilines is 1. The van der Waals surface area contributed by atoms with Crippen LogP contribution in [0.25, 0.3) is 10.9 Å². The molecule has 1 aromatic heterocycles. The van der Waals surface area contributed by atoms with Crippen LogP contribution < -0.4 is 5.32 Å². The molecule has 0 aliphatic heterocycles. The summed E-state index contributed by atoms with van der Waals surface area (Å²) in [5, 5.41) is 15.8. The van der Waals surface area contributed by atoms with Crippen molar-refractivity contribution < 1.29 is 9.72 Å². The van der Waals surface area contributed by atoms with Gasteiger partial charge in [0, 0.05) is 11.5 Å². The number of benzene rings is 2. The quantitative estimate of drug-likeness (QED) is 0.390. The number of thioether (sulfide) groups is 1. The predicted molar refractivity (Wildman–Crippen MR) is 108 cm³/mol. The van der Waals surface area contributed by atoms with E-state index in [0.717, 1.165) is 27.1 Å². The van der Waals surface area contributed by atoms with Crippen LogP contribution in [0.15, 0.2) is 47.5 Å². The fourth-order valence-corrected chi connectivity index (χ4v) is 3.59. The summed E-state index contributed by atoms with van der Waals surface area (Å²) in [6.07, 6.45) is 0. The fraction of sp³-hybridized carbons (Fsp3) is 0.200. The lowest BCUT2D eigenvalue weighted by molar-refractivity contribution is -0.384. The lowest BCUT2D eigenvalue weighted by Crippen LogP contribution is -2.16. The van der Waals surface area contributed by atoms with Crippen LogP contribution in [0.1, 0.15) is 16.7 Å². The van der Waals surface area contributed by atoms with Gasteiger partial charge in [-0.05, 0) is 49.6 Å². The number of hydrogen-bond acceptors (Lipinski definition) is 5. The van der Waals surface area contributed by atoms with E-state index < -0.39 is 4.92 Å². The Morgan fingerprint density at radius 3 is 2.63 bits per heavy atom. The SMILES string of the molecule is Cc1ccc([N+](=O)[O-])c(NC(=O)CSc2cc(C)c3ccccc3n2)c1C. The van der Waals surface area contributed by atoms with Gasteiger partial charge < -0.3 is 5.32 Å². The number of aromatic nitrogens is 1. The monoisotopic (exact) mass is 381 g/mol. The zero-order chi connectivity index (χ0) is 19.6. The third-order valence-electron chi connectivity index (χ3n) is 4.43. The molecule has 0 aliphatic rings. The molecule has 1 amide bonds. The van der Waals surface area contributed by atoms with Crippen LogP contribution in [-0.2, 0) is 4.79 Å². The third-order valence-corrected chi connectivity index (χ3v) is 5.34. The first-order valence-corrected chi connectivity index (χ1v) is 9.39. The maximum Gasteiger partial charge on any atom is 0.293 e. The van der Waals surface area contributed by atoms with Crippen LogP contribution in [-0.4, -0.2) is 21.6 Å². The number of amides is 1. The summed E-state index contributed by atoms with van der Waals surface area (Å²) in [7, 11) is 0. The van der Waals surface area contributed by atoms with Crippen molar-refractivity contribution in [2.24, 2.45) is 0 Å². The smallest absolute Gasteiger partial charge is 0.293 e. The van der Waals surface area contributed by atoms with Gasteiger partial charge in [0.2, 0.25) is 5.91 Å². The van der Waals surface area contributed by atoms with Crippen LogP contribution in [0.3, 0.4) is 0 Å². The summed E-state index contributed by atoms with van der Waals surface area (Å²) >= 11 is 1.31. The van der Waals surface area contributed by atoms with Crippen molar-refractivity contribution in [2.75, 3.05) is 11.1 Å². The van der Waals surface area contributed by atoms with Crippen molar-refractivity contribution in [3.63, 3.8) is 0 Å². The van der Waals surface area contributed by atoms with Crippen LogP contribution in [0.5, 0.6) is 0 Å². The number of nitrogens with one attached hydrogen (secondary N) is 1. The molecule has 0 unspecified atom stereocenters. The largest absolute Gasteiger partial charge is 0.319 e. The van der Waals surface area contributed by atoms with Crippen molar-refractivity contribution in [2.45, 2.75) is 25.8 Å². The number of carbonyl (C=O) groups is 1. The number of rotatable bonds is 5. The summed E-state index contributed by atoms with van der Waals surface area (Å²) in [6.45, 7) is 5.62. The number of carbonyl (C=O) groups excluding carboxylic acids is 1. The van der Waals surface area contributed by atoms with Gasteiger partial charge in [0.25, 0.3) is 5.69 Å². The number of nitro benzene ring substituents is 1. The number of nitrogens with zero attached hydrogens (tertiary/aromatic N) is 2. The molecule has 0 bridgehead atoms. The minimum absolute atomic E-state index is 0.101. The predicted octanol–water partition coefficient (Wildman–Crippen LogP) is 4.80. The van der Waals surface area contributed by atoms with E-state index in [-0.39, 0.29) is 23.0 Å². The summed E-state index contributed by atoms with van der Waals surface area (Å²) in [4.78, 5) is 27.7. The molecule has 0 fully saturated rings. The van der Waals surface area contributed by atoms with Crippen molar-refractivity contribution in [1.29, 1.82) is 0 Å². The normalized spacial score (nSPS) is 10.8. The van der Waals surface area contributed by atoms with Crippen LogP contribution >= 0.6 is 11.8 Å². The molecule has 0 atom stereocenters. The van der Waals surface area contributed by atoms with E-state index in [1.165, 1.54) is 17.8 Å². The van der Waals surface area contributed by atoms with Gasteiger partial charge in [0.15, 0.2) is 0 Å². The van der Waals surface area contributed by atoms with E-state index in [1.54, 1.807) is 13.0 Å². The Morgan fingerprint density at radius 1 is 1.15 bits per heavy atom. The number of nitro groups is 1. The van der Waals surface area contributed by atoms with E-state index in [4.69, 9.17) is 0 Å². The molecule has 0 spiro atoms. The number of aryl methyl sites for hydroxylation is 2. The molecule has 2 aromatic carbocycles. The molecule has 0 aliphatic carbocycles. The van der Waals surface area contributed by atoms with Gasteiger partial charge in [-0.15, -0.1) is 0 Å². The van der Waals surface area contributed by atoms with Crippen LogP contribution in [0, 0.1) is 30.9 Å². The highest BCUT2D eigenvalue weighted by Gasteiger charge is 2.19. The zero-order valence-corrected chi connectivity index (χ0v) is 16.1. The first-order valence-electron chi connectivity index (χ1n) is 8.40. The second-order valence-electron chi connectivity index (χ2n) is 6.29. The molecular formula is C20H19N3O3S. The highest BCUT2D eigenvalue weighted by Crippen LogP contribution is 2.30. The lowest BCUT2D eigenvalue weighted by Gasteiger charge is -2.11. The number of hydrogen-bond donors (Lipinski definition) is 1. The Balaban J connectivity index is 1.76. The molecule has 6 nitrogen and oxygen atoms in total. The highest BCUT2D eigenvalue weighted by molar-refractivity contribution is 7.99. The molecule has 0 radical (unpaired) electrons. The van der Waals surface area contributed by atoms with Gasteiger partial charge in [0.05, 0.1) is 21.2 Å². The molecule has 3 rings (SSSR count). The summed E-state index contributed by atoms with van der Waals surface area (Å²) in [6, 6.07) is 12.9. The minimum Gasteiger partial charge on any atom is -0.319 e. The van der Waals surface area contributed by atoms with Gasteiger partial charge in [0.1, 0.15) is 5.69 Å². The average molecular weight is 381 g/mol. The standard InChI is InChI=1S/C20H19N3O3S/c1-12-8-9-17(23(25)26)20(14(12)3)22-18(24)11-27-19-10-13(2)15-6-4-5-7-16(15)21-19/h4-10H,11H2,1-3H3,(H,22,24). The summed E-state index contributed by atoms with van der Waals surface area (Å²) in [5.74, 6) is -0.181. The van der Waals surface area contributed by atoms with Gasteiger partial charge in [-0.2, -0.15) is 0 Å². The Labute approximate surface area is 161 Å². The molecule has 3 aromatic rings. The molecule has 7 heteroatoms. The maximum absolute atomic E-state index is 12.4. The van der Waals surface area contributed by atoms with Crippen molar-refractivity contribution in [3.8, 4) is 0 Å². The minimum atomic E-state index is -0.483. The second kappa shape index (κ2) is 7.75. The molecule has 27 heavy (non-hydrogen) atoms. The molecule has 0 saturated carbocycles. The zero-order valence-electron chi connectivity index (χ0n) is 15.3. The number of fused-ring (bicyclic) bond motifs is 1. The summed E-state index contributed by atoms with van der Waals surface area (Å²) < 4.78 is 0. The van der Waals surface area contributed by atoms with E-state index in [1.807, 2.05) is 44.2 Å². The Bertz CT molecular complexity index is 1050. The molecular weight excluding hydrogens is 362 g/mol. The highest BCUT2D eigenvalue weighted by atomic mass is 32.2. The maximum atomic E-state index is 12.4. The Hall–Kier alpha value is -2.93. The first kappa shape index (κ1) is 18.8. The Kier molecular flexibility index (Phi) is 5.41. The third kappa shape index (κ3) is 4.09. The van der Waals surface area contributed by atoms with Crippen molar-refractivity contribution in [1.82, 2.24) is 4.98 Å². The van der Waals surface area contributed by atoms with Crippen molar-refractivity contribution >= 4 is 39.9 Å². The van der Waals surface area contributed by atoms with E-state index in [2.05, 4.69) is 10.3 Å². The molecule has 1 heterocycles. The topological polar surface area (TPSA) is 85.1 Å². The average Bonchev–Trinajstić information content (AvgIpc) is 2.64. The van der Waals surface area contributed by atoms with E-state index >= 15 is 0 Å².